The minimum atomic E-state index is -4.52. The van der Waals surface area contributed by atoms with E-state index in [1.54, 1.807) is 0 Å². The highest BCUT2D eigenvalue weighted by Gasteiger charge is 2.44. The van der Waals surface area contributed by atoms with Crippen LogP contribution in [-0.4, -0.2) is 44.8 Å². The van der Waals surface area contributed by atoms with Crippen molar-refractivity contribution in [2.45, 2.75) is 38.6 Å². The van der Waals surface area contributed by atoms with Gasteiger partial charge in [0.1, 0.15) is 5.65 Å². The van der Waals surface area contributed by atoms with Crippen LogP contribution in [0.15, 0.2) is 24.5 Å². The zero-order valence-electron chi connectivity index (χ0n) is 12.9. The highest BCUT2D eigenvalue weighted by molar-refractivity contribution is 5.41. The Morgan fingerprint density at radius 2 is 2.00 bits per heavy atom. The van der Waals surface area contributed by atoms with Crippen molar-refractivity contribution in [1.29, 1.82) is 0 Å². The van der Waals surface area contributed by atoms with Crippen molar-refractivity contribution >= 4 is 5.65 Å². The number of hydrogen-bond acceptors (Lipinski definition) is 3. The van der Waals surface area contributed by atoms with Crippen molar-refractivity contribution in [2.24, 2.45) is 5.92 Å². The number of pyridine rings is 1. The molecule has 0 radical (unpaired) electrons. The Kier molecular flexibility index (Phi) is 4.33. The van der Waals surface area contributed by atoms with Crippen molar-refractivity contribution in [2.75, 3.05) is 13.1 Å². The number of hydrogen-bond donors (Lipinski definition) is 1. The molecule has 0 bridgehead atoms. The maximum Gasteiger partial charge on any atom is 0.414 e. The summed E-state index contributed by atoms with van der Waals surface area (Å²) in [5, 5.41) is 9.37. The molecular formula is C16H20F3N3O. The fourth-order valence-electron chi connectivity index (χ4n) is 3.18. The summed E-state index contributed by atoms with van der Waals surface area (Å²) in [6, 6.07) is 3.95. The quantitative estimate of drug-likeness (QED) is 0.942. The topological polar surface area (TPSA) is 40.8 Å². The summed E-state index contributed by atoms with van der Waals surface area (Å²) in [4.78, 5) is 6.46. The molecule has 1 unspecified atom stereocenters. The standard InChI is InChI=1S/C16H20F3N3O/c1-11-2-3-14-20-8-13(22(14)9-11)10-21-6-4-12(5-7-21)15(23)16(17,18)19/h2-3,8-9,12,15,23H,4-7,10H2,1H3. The Morgan fingerprint density at radius 3 is 2.65 bits per heavy atom. The highest BCUT2D eigenvalue weighted by atomic mass is 19.4. The molecule has 1 atom stereocenters. The van der Waals surface area contributed by atoms with Crippen molar-refractivity contribution in [3.63, 3.8) is 0 Å². The average molecular weight is 327 g/mol. The summed E-state index contributed by atoms with van der Waals surface area (Å²) >= 11 is 0. The second-order valence-electron chi connectivity index (χ2n) is 6.28. The van der Waals surface area contributed by atoms with E-state index in [4.69, 9.17) is 0 Å². The van der Waals surface area contributed by atoms with Crippen molar-refractivity contribution in [3.05, 3.63) is 35.8 Å². The Bertz CT molecular complexity index is 675. The van der Waals surface area contributed by atoms with Gasteiger partial charge in [0, 0.05) is 12.7 Å². The van der Waals surface area contributed by atoms with E-state index >= 15 is 0 Å². The first-order valence-electron chi connectivity index (χ1n) is 7.74. The van der Waals surface area contributed by atoms with Crippen LogP contribution in [-0.2, 0) is 6.54 Å². The Balaban J connectivity index is 1.63. The molecule has 3 rings (SSSR count). The van der Waals surface area contributed by atoms with Gasteiger partial charge in [-0.15, -0.1) is 0 Å². The van der Waals surface area contributed by atoms with Crippen LogP contribution in [0.3, 0.4) is 0 Å². The minimum Gasteiger partial charge on any atom is -0.383 e. The van der Waals surface area contributed by atoms with E-state index in [0.29, 0.717) is 32.5 Å². The van der Waals surface area contributed by atoms with Gasteiger partial charge in [-0.05, 0) is 50.4 Å². The molecule has 4 nitrogen and oxygen atoms in total. The number of fused-ring (bicyclic) bond motifs is 1. The molecule has 1 fully saturated rings. The predicted molar refractivity (Wildman–Crippen MR) is 80.0 cm³/mol. The number of aryl methyl sites for hydroxylation is 1. The fourth-order valence-corrected chi connectivity index (χ4v) is 3.18. The number of piperidine rings is 1. The number of nitrogens with zero attached hydrogens (tertiary/aromatic N) is 3. The molecule has 7 heteroatoms. The van der Waals surface area contributed by atoms with Gasteiger partial charge < -0.3 is 9.51 Å². The monoisotopic (exact) mass is 327 g/mol. The van der Waals surface area contributed by atoms with E-state index < -0.39 is 18.2 Å². The molecule has 126 valence electrons. The van der Waals surface area contributed by atoms with Crippen LogP contribution in [0, 0.1) is 12.8 Å². The van der Waals surface area contributed by atoms with Gasteiger partial charge in [-0.3, -0.25) is 4.90 Å². The fraction of sp³-hybridized carbons (Fsp3) is 0.562. The number of aliphatic hydroxyl groups is 1. The number of halogens is 3. The molecule has 2 aromatic heterocycles. The first-order chi connectivity index (χ1) is 10.8. The number of aromatic nitrogens is 2. The summed E-state index contributed by atoms with van der Waals surface area (Å²) in [5.74, 6) is -0.698. The summed E-state index contributed by atoms with van der Waals surface area (Å²) in [7, 11) is 0. The number of imidazole rings is 1. The lowest BCUT2D eigenvalue weighted by molar-refractivity contribution is -0.223. The third-order valence-electron chi connectivity index (χ3n) is 4.53. The molecule has 1 aliphatic rings. The summed E-state index contributed by atoms with van der Waals surface area (Å²) in [6.45, 7) is 3.76. The molecule has 2 aromatic rings. The van der Waals surface area contributed by atoms with Gasteiger partial charge >= 0.3 is 6.18 Å². The van der Waals surface area contributed by atoms with Crippen LogP contribution in [0.25, 0.3) is 5.65 Å². The third kappa shape index (κ3) is 3.50. The molecule has 1 saturated heterocycles. The first-order valence-corrected chi connectivity index (χ1v) is 7.74. The second kappa shape index (κ2) is 6.13. The van der Waals surface area contributed by atoms with E-state index in [-0.39, 0.29) is 0 Å². The Hall–Kier alpha value is -1.60. The minimum absolute atomic E-state index is 0.358. The molecule has 1 aliphatic heterocycles. The Labute approximate surface area is 132 Å². The van der Waals surface area contributed by atoms with Gasteiger partial charge in [-0.25, -0.2) is 4.98 Å². The van der Waals surface area contributed by atoms with Crippen molar-refractivity contribution < 1.29 is 18.3 Å². The van der Waals surface area contributed by atoms with Gasteiger partial charge in [0.25, 0.3) is 0 Å². The van der Waals surface area contributed by atoms with Crippen LogP contribution in [0.2, 0.25) is 0 Å². The summed E-state index contributed by atoms with van der Waals surface area (Å²) in [5.41, 5.74) is 3.02. The number of aliphatic hydroxyl groups excluding tert-OH is 1. The first kappa shape index (κ1) is 16.3. The van der Waals surface area contributed by atoms with Gasteiger partial charge in [0.2, 0.25) is 0 Å². The summed E-state index contributed by atoms with van der Waals surface area (Å²) < 4.78 is 39.7. The van der Waals surface area contributed by atoms with Crippen LogP contribution in [0.1, 0.15) is 24.1 Å². The van der Waals surface area contributed by atoms with E-state index in [0.717, 1.165) is 16.9 Å². The van der Waals surface area contributed by atoms with Gasteiger partial charge in [-0.2, -0.15) is 13.2 Å². The van der Waals surface area contributed by atoms with Crippen molar-refractivity contribution in [3.8, 4) is 0 Å². The van der Waals surface area contributed by atoms with E-state index in [1.807, 2.05) is 35.9 Å². The normalized spacial score (nSPS) is 19.3. The van der Waals surface area contributed by atoms with Crippen LogP contribution < -0.4 is 0 Å². The predicted octanol–water partition coefficient (Wildman–Crippen LogP) is 2.78. The maximum atomic E-state index is 12.6. The second-order valence-corrected chi connectivity index (χ2v) is 6.28. The maximum absolute atomic E-state index is 12.6. The van der Waals surface area contributed by atoms with Gasteiger partial charge in [0.05, 0.1) is 11.9 Å². The van der Waals surface area contributed by atoms with E-state index in [9.17, 15) is 18.3 Å². The molecule has 3 heterocycles. The average Bonchev–Trinajstić information content (AvgIpc) is 2.89. The van der Waals surface area contributed by atoms with E-state index in [1.165, 1.54) is 0 Å². The molecular weight excluding hydrogens is 307 g/mol. The number of rotatable bonds is 3. The SMILES string of the molecule is Cc1ccc2ncc(CN3CCC(C(O)C(F)(F)F)CC3)n2c1. The lowest BCUT2D eigenvalue weighted by Gasteiger charge is -2.34. The molecule has 0 aliphatic carbocycles. The van der Waals surface area contributed by atoms with Gasteiger partial charge in [-0.1, -0.05) is 6.07 Å². The number of alkyl halides is 3. The Morgan fingerprint density at radius 1 is 1.30 bits per heavy atom. The largest absolute Gasteiger partial charge is 0.414 e. The van der Waals surface area contributed by atoms with Crippen LogP contribution in [0.4, 0.5) is 13.2 Å². The molecule has 1 N–H and O–H groups in total. The molecule has 23 heavy (non-hydrogen) atoms. The highest BCUT2D eigenvalue weighted by Crippen LogP contribution is 2.31. The lowest BCUT2D eigenvalue weighted by Crippen LogP contribution is -2.43. The smallest absolute Gasteiger partial charge is 0.383 e. The third-order valence-corrected chi connectivity index (χ3v) is 4.53. The van der Waals surface area contributed by atoms with Crippen LogP contribution >= 0.6 is 0 Å². The molecule has 0 aromatic carbocycles. The zero-order chi connectivity index (χ0) is 16.6. The van der Waals surface area contributed by atoms with E-state index in [2.05, 4.69) is 9.88 Å². The van der Waals surface area contributed by atoms with Gasteiger partial charge in [0.15, 0.2) is 6.10 Å². The summed E-state index contributed by atoms with van der Waals surface area (Å²) in [6.07, 6.45) is -2.19. The zero-order valence-corrected chi connectivity index (χ0v) is 12.9. The number of likely N-dealkylation sites (tertiary alicyclic amines) is 1. The molecule has 0 amide bonds. The van der Waals surface area contributed by atoms with Crippen LogP contribution in [0.5, 0.6) is 0 Å². The molecule has 0 saturated carbocycles. The lowest BCUT2D eigenvalue weighted by atomic mass is 9.91. The molecule has 0 spiro atoms. The van der Waals surface area contributed by atoms with Crippen molar-refractivity contribution in [1.82, 2.24) is 14.3 Å².